The number of rotatable bonds is 5. The second-order valence-electron chi connectivity index (χ2n) is 6.00. The Labute approximate surface area is 171 Å². The summed E-state index contributed by atoms with van der Waals surface area (Å²) in [5.74, 6) is -2.70. The molecule has 0 saturated heterocycles. The van der Waals surface area contributed by atoms with Gasteiger partial charge in [-0.3, -0.25) is 9.10 Å². The van der Waals surface area contributed by atoms with E-state index in [9.17, 15) is 22.0 Å². The molecule has 0 aliphatic carbocycles. The van der Waals surface area contributed by atoms with E-state index in [4.69, 9.17) is 11.6 Å². The highest BCUT2D eigenvalue weighted by atomic mass is 35.5. The van der Waals surface area contributed by atoms with Gasteiger partial charge in [-0.25, -0.2) is 17.2 Å². The van der Waals surface area contributed by atoms with E-state index >= 15 is 0 Å². The molecular weight excluding hydrogens is 422 g/mol. The lowest BCUT2D eigenvalue weighted by Gasteiger charge is -2.20. The Morgan fingerprint density at radius 1 is 0.966 bits per heavy atom. The van der Waals surface area contributed by atoms with Crippen molar-refractivity contribution < 1.29 is 22.0 Å². The molecule has 0 bridgehead atoms. The van der Waals surface area contributed by atoms with E-state index in [2.05, 4.69) is 5.32 Å². The average molecular weight is 437 g/mol. The Bertz CT molecular complexity index is 1150. The van der Waals surface area contributed by atoms with Crippen molar-refractivity contribution >= 4 is 38.9 Å². The molecular formula is C20H15ClF2N2O3S. The molecule has 9 heteroatoms. The molecule has 0 spiro atoms. The van der Waals surface area contributed by atoms with Gasteiger partial charge >= 0.3 is 0 Å². The summed E-state index contributed by atoms with van der Waals surface area (Å²) in [5.41, 5.74) is -0.447. The van der Waals surface area contributed by atoms with E-state index in [1.54, 1.807) is 18.2 Å². The van der Waals surface area contributed by atoms with E-state index in [1.807, 2.05) is 0 Å². The second-order valence-corrected chi connectivity index (χ2v) is 8.38. The molecule has 150 valence electrons. The maximum absolute atomic E-state index is 13.7. The standard InChI is InChI=1S/C20H15ClF2N2O3S/c1-25(29(27,28)14-6-3-2-4-7-14)13-10-11-15(16(21)12-13)20(26)24-19-17(22)8-5-9-18(19)23/h2-12H,1H3,(H,24,26). The van der Waals surface area contributed by atoms with Gasteiger partial charge in [-0.05, 0) is 42.5 Å². The van der Waals surface area contributed by atoms with Crippen LogP contribution < -0.4 is 9.62 Å². The molecule has 0 radical (unpaired) electrons. The quantitative estimate of drug-likeness (QED) is 0.630. The van der Waals surface area contributed by atoms with Crippen LogP contribution in [-0.2, 0) is 10.0 Å². The number of anilines is 2. The van der Waals surface area contributed by atoms with E-state index in [-0.39, 0.29) is 21.2 Å². The monoisotopic (exact) mass is 436 g/mol. The number of nitrogens with one attached hydrogen (secondary N) is 1. The van der Waals surface area contributed by atoms with Gasteiger partial charge in [-0.15, -0.1) is 0 Å². The summed E-state index contributed by atoms with van der Waals surface area (Å²) in [5, 5.41) is 2.06. The highest BCUT2D eigenvalue weighted by Crippen LogP contribution is 2.28. The Balaban J connectivity index is 1.88. The van der Waals surface area contributed by atoms with Crippen LogP contribution in [0.4, 0.5) is 20.2 Å². The van der Waals surface area contributed by atoms with E-state index in [0.29, 0.717) is 0 Å². The summed E-state index contributed by atoms with van der Waals surface area (Å²) in [7, 11) is -2.48. The lowest BCUT2D eigenvalue weighted by Crippen LogP contribution is -2.26. The van der Waals surface area contributed by atoms with Crippen molar-refractivity contribution in [3.63, 3.8) is 0 Å². The first-order valence-corrected chi connectivity index (χ1v) is 10.1. The normalized spacial score (nSPS) is 11.2. The molecule has 1 amide bonds. The van der Waals surface area contributed by atoms with E-state index < -0.39 is 33.3 Å². The van der Waals surface area contributed by atoms with Crippen LogP contribution in [0.15, 0.2) is 71.6 Å². The van der Waals surface area contributed by atoms with Gasteiger partial charge in [0.15, 0.2) is 0 Å². The Hall–Kier alpha value is -2.97. The number of sulfonamides is 1. The Kier molecular flexibility index (Phi) is 5.86. The largest absolute Gasteiger partial charge is 0.317 e. The third kappa shape index (κ3) is 4.23. The first-order chi connectivity index (χ1) is 13.7. The third-order valence-corrected chi connectivity index (χ3v) is 6.28. The zero-order valence-corrected chi connectivity index (χ0v) is 16.6. The molecule has 3 aromatic carbocycles. The van der Waals surface area contributed by atoms with Crippen LogP contribution in [0.1, 0.15) is 10.4 Å². The highest BCUT2D eigenvalue weighted by Gasteiger charge is 2.23. The van der Waals surface area contributed by atoms with Gasteiger partial charge < -0.3 is 5.32 Å². The number of para-hydroxylation sites is 1. The molecule has 0 saturated carbocycles. The Morgan fingerprint density at radius 3 is 2.17 bits per heavy atom. The summed E-state index contributed by atoms with van der Waals surface area (Å²) < 4.78 is 53.9. The van der Waals surface area contributed by atoms with Gasteiger partial charge in [0.25, 0.3) is 15.9 Å². The van der Waals surface area contributed by atoms with Gasteiger partial charge in [-0.1, -0.05) is 35.9 Å². The van der Waals surface area contributed by atoms with Crippen molar-refractivity contribution in [2.24, 2.45) is 0 Å². The van der Waals surface area contributed by atoms with Crippen LogP contribution in [0.5, 0.6) is 0 Å². The predicted octanol–water partition coefficient (Wildman–Crippen LogP) is 4.70. The number of hydrogen-bond donors (Lipinski definition) is 1. The van der Waals surface area contributed by atoms with E-state index in [1.165, 1.54) is 43.4 Å². The van der Waals surface area contributed by atoms with Crippen LogP contribution in [0.25, 0.3) is 0 Å². The van der Waals surface area contributed by atoms with Crippen molar-refractivity contribution in [2.45, 2.75) is 4.90 Å². The van der Waals surface area contributed by atoms with Gasteiger partial charge in [0.05, 0.1) is 21.2 Å². The molecule has 3 rings (SSSR count). The van der Waals surface area contributed by atoms with Crippen LogP contribution in [0.2, 0.25) is 5.02 Å². The molecule has 0 heterocycles. The maximum Gasteiger partial charge on any atom is 0.264 e. The second kappa shape index (κ2) is 8.18. The number of amides is 1. The topological polar surface area (TPSA) is 66.5 Å². The Morgan fingerprint density at radius 2 is 1.59 bits per heavy atom. The summed E-state index contributed by atoms with van der Waals surface area (Å²) >= 11 is 6.14. The molecule has 0 aromatic heterocycles. The molecule has 1 N–H and O–H groups in total. The number of hydrogen-bond acceptors (Lipinski definition) is 3. The zero-order chi connectivity index (χ0) is 21.2. The highest BCUT2D eigenvalue weighted by molar-refractivity contribution is 7.92. The molecule has 0 aliphatic rings. The van der Waals surface area contributed by atoms with Gasteiger partial charge in [0.1, 0.15) is 17.3 Å². The van der Waals surface area contributed by atoms with Crippen LogP contribution in [0, 0.1) is 11.6 Å². The predicted molar refractivity (Wildman–Crippen MR) is 108 cm³/mol. The fraction of sp³-hybridized carbons (Fsp3) is 0.0500. The minimum atomic E-state index is -3.83. The van der Waals surface area contributed by atoms with Crippen molar-refractivity contribution in [3.05, 3.63) is 89.0 Å². The number of nitrogens with zero attached hydrogens (tertiary/aromatic N) is 1. The molecule has 0 aliphatic heterocycles. The minimum Gasteiger partial charge on any atom is -0.317 e. The lowest BCUT2D eigenvalue weighted by molar-refractivity contribution is 0.102. The maximum atomic E-state index is 13.7. The number of carbonyl (C=O) groups is 1. The van der Waals surface area contributed by atoms with Crippen LogP contribution in [-0.4, -0.2) is 21.4 Å². The van der Waals surface area contributed by atoms with Crippen molar-refractivity contribution in [1.29, 1.82) is 0 Å². The average Bonchev–Trinajstić information content (AvgIpc) is 2.70. The molecule has 0 fully saturated rings. The summed E-state index contributed by atoms with van der Waals surface area (Å²) in [6.07, 6.45) is 0. The van der Waals surface area contributed by atoms with E-state index in [0.717, 1.165) is 16.4 Å². The number of halogens is 3. The molecule has 0 unspecified atom stereocenters. The van der Waals surface area contributed by atoms with Crippen molar-refractivity contribution in [3.8, 4) is 0 Å². The SMILES string of the molecule is CN(c1ccc(C(=O)Nc2c(F)cccc2F)c(Cl)c1)S(=O)(=O)c1ccccc1. The van der Waals surface area contributed by atoms with Crippen LogP contribution >= 0.6 is 11.6 Å². The molecule has 29 heavy (non-hydrogen) atoms. The molecule has 3 aromatic rings. The molecule has 0 atom stereocenters. The smallest absolute Gasteiger partial charge is 0.264 e. The first-order valence-electron chi connectivity index (χ1n) is 8.30. The zero-order valence-electron chi connectivity index (χ0n) is 15.1. The van der Waals surface area contributed by atoms with Gasteiger partial charge in [0, 0.05) is 7.05 Å². The first kappa shape index (κ1) is 20.8. The fourth-order valence-corrected chi connectivity index (χ4v) is 4.04. The van der Waals surface area contributed by atoms with Crippen molar-refractivity contribution in [1.82, 2.24) is 0 Å². The number of benzene rings is 3. The molecule has 5 nitrogen and oxygen atoms in total. The summed E-state index contributed by atoms with van der Waals surface area (Å²) in [4.78, 5) is 12.5. The van der Waals surface area contributed by atoms with Crippen molar-refractivity contribution in [2.75, 3.05) is 16.7 Å². The minimum absolute atomic E-state index is 0.0661. The summed E-state index contributed by atoms with van der Waals surface area (Å²) in [6.45, 7) is 0. The van der Waals surface area contributed by atoms with Gasteiger partial charge in [0.2, 0.25) is 0 Å². The lowest BCUT2D eigenvalue weighted by atomic mass is 10.2. The summed E-state index contributed by atoms with van der Waals surface area (Å²) in [6, 6.07) is 14.9. The number of carbonyl (C=O) groups excluding carboxylic acids is 1. The fourth-order valence-electron chi connectivity index (χ4n) is 2.57. The van der Waals surface area contributed by atoms with Crippen LogP contribution in [0.3, 0.4) is 0 Å². The van der Waals surface area contributed by atoms with Gasteiger partial charge in [-0.2, -0.15) is 0 Å². The third-order valence-electron chi connectivity index (χ3n) is 4.16.